The molecular weight excluding hydrogens is 232 g/mol. The van der Waals surface area contributed by atoms with Crippen molar-refractivity contribution in [2.45, 2.75) is 13.2 Å². The van der Waals surface area contributed by atoms with Crippen LogP contribution < -0.4 is 0 Å². The van der Waals surface area contributed by atoms with Gasteiger partial charge in [-0.25, -0.2) is 0 Å². The van der Waals surface area contributed by atoms with Crippen LogP contribution in [0.15, 0.2) is 24.3 Å². The van der Waals surface area contributed by atoms with Gasteiger partial charge in [0.2, 0.25) is 0 Å². The van der Waals surface area contributed by atoms with Crippen molar-refractivity contribution in [3.8, 4) is 0 Å². The number of para-hydroxylation sites is 1. The molecule has 0 atom stereocenters. The zero-order chi connectivity index (χ0) is 12.8. The second-order valence-electron chi connectivity index (χ2n) is 3.95. The average Bonchev–Trinajstić information content (AvgIpc) is 2.77. The summed E-state index contributed by atoms with van der Waals surface area (Å²) in [4.78, 5) is 0. The van der Waals surface area contributed by atoms with E-state index < -0.39 is 0 Å². The first-order chi connectivity index (χ1) is 8.86. The van der Waals surface area contributed by atoms with Crippen molar-refractivity contribution in [3.05, 3.63) is 30.0 Å². The Kier molecular flexibility index (Phi) is 4.69. The molecule has 5 nitrogen and oxygen atoms in total. The molecule has 0 bridgehead atoms. The normalized spacial score (nSPS) is 11.2. The van der Waals surface area contributed by atoms with E-state index >= 15 is 0 Å². The summed E-state index contributed by atoms with van der Waals surface area (Å²) in [6.07, 6.45) is 0. The Morgan fingerprint density at radius 1 is 1.22 bits per heavy atom. The fraction of sp³-hybridized carbons (Fsp3) is 0.462. The summed E-state index contributed by atoms with van der Waals surface area (Å²) in [5, 5.41) is 14.6. The number of nitrogens with zero attached hydrogens (tertiary/aromatic N) is 2. The van der Waals surface area contributed by atoms with E-state index in [1.165, 1.54) is 0 Å². The van der Waals surface area contributed by atoms with E-state index in [0.717, 1.165) is 10.9 Å². The van der Waals surface area contributed by atoms with E-state index in [0.29, 0.717) is 32.1 Å². The first-order valence-electron chi connectivity index (χ1n) is 5.98. The van der Waals surface area contributed by atoms with Crippen LogP contribution in [-0.2, 0) is 22.6 Å². The lowest BCUT2D eigenvalue weighted by molar-refractivity contribution is 0.0657. The minimum atomic E-state index is -0.0436. The highest BCUT2D eigenvalue weighted by Crippen LogP contribution is 2.18. The van der Waals surface area contributed by atoms with Gasteiger partial charge in [0.25, 0.3) is 0 Å². The topological polar surface area (TPSA) is 56.5 Å². The Morgan fingerprint density at radius 3 is 2.83 bits per heavy atom. The number of aliphatic hydroxyl groups excluding tert-OH is 1. The highest BCUT2D eigenvalue weighted by molar-refractivity contribution is 5.81. The largest absolute Gasteiger partial charge is 0.390 e. The Labute approximate surface area is 106 Å². The van der Waals surface area contributed by atoms with Crippen molar-refractivity contribution >= 4 is 10.9 Å². The Morgan fingerprint density at radius 2 is 2.06 bits per heavy atom. The molecule has 1 aromatic carbocycles. The third-order valence-corrected chi connectivity index (χ3v) is 2.76. The number of fused-ring (bicyclic) bond motifs is 1. The zero-order valence-corrected chi connectivity index (χ0v) is 10.5. The lowest BCUT2D eigenvalue weighted by atomic mass is 10.2. The first-order valence-corrected chi connectivity index (χ1v) is 5.98. The third kappa shape index (κ3) is 2.87. The van der Waals surface area contributed by atoms with E-state index in [1.54, 1.807) is 7.11 Å². The Balaban J connectivity index is 2.04. The number of aromatic nitrogens is 2. The van der Waals surface area contributed by atoms with Crippen LogP contribution >= 0.6 is 0 Å². The van der Waals surface area contributed by atoms with Crippen molar-refractivity contribution in [2.75, 3.05) is 26.9 Å². The van der Waals surface area contributed by atoms with E-state index in [9.17, 15) is 5.11 Å². The van der Waals surface area contributed by atoms with Gasteiger partial charge in [-0.1, -0.05) is 18.2 Å². The van der Waals surface area contributed by atoms with Crippen molar-refractivity contribution in [1.82, 2.24) is 9.78 Å². The van der Waals surface area contributed by atoms with Crippen LogP contribution in [0.5, 0.6) is 0 Å². The smallest absolute Gasteiger partial charge is 0.0957 e. The summed E-state index contributed by atoms with van der Waals surface area (Å²) >= 11 is 0. The average molecular weight is 250 g/mol. The molecule has 1 aromatic heterocycles. The minimum absolute atomic E-state index is 0.0436. The maximum Gasteiger partial charge on any atom is 0.0957 e. The number of rotatable bonds is 7. The molecular formula is C13H18N2O3. The molecule has 0 saturated carbocycles. The van der Waals surface area contributed by atoms with Crippen molar-refractivity contribution in [2.24, 2.45) is 0 Å². The Bertz CT molecular complexity index is 496. The van der Waals surface area contributed by atoms with Gasteiger partial charge in [-0.2, -0.15) is 5.10 Å². The Hall–Kier alpha value is -1.43. The summed E-state index contributed by atoms with van der Waals surface area (Å²) in [7, 11) is 1.65. The van der Waals surface area contributed by atoms with Gasteiger partial charge in [-0.15, -0.1) is 0 Å². The second kappa shape index (κ2) is 6.49. The first kappa shape index (κ1) is 13.0. The highest BCUT2D eigenvalue weighted by Gasteiger charge is 2.08. The third-order valence-electron chi connectivity index (χ3n) is 2.76. The van der Waals surface area contributed by atoms with Crippen molar-refractivity contribution in [1.29, 1.82) is 0 Å². The maximum absolute atomic E-state index is 9.27. The fourth-order valence-corrected chi connectivity index (χ4v) is 1.88. The van der Waals surface area contributed by atoms with E-state index in [-0.39, 0.29) is 6.61 Å². The molecule has 0 aliphatic carbocycles. The number of hydrogen-bond acceptors (Lipinski definition) is 4. The van der Waals surface area contributed by atoms with Crippen LogP contribution in [0.25, 0.3) is 10.9 Å². The molecule has 1 N–H and O–H groups in total. The standard InChI is InChI=1S/C13H18N2O3/c1-17-8-9-18-7-6-15-13-5-3-2-4-11(13)12(10-16)14-15/h2-5,16H,6-10H2,1H3. The number of benzene rings is 1. The summed E-state index contributed by atoms with van der Waals surface area (Å²) in [5.74, 6) is 0. The maximum atomic E-state index is 9.27. The van der Waals surface area contributed by atoms with Crippen LogP contribution in [0.1, 0.15) is 5.69 Å². The quantitative estimate of drug-likeness (QED) is 0.750. The SMILES string of the molecule is COCCOCCn1nc(CO)c2ccccc21. The van der Waals surface area contributed by atoms with Gasteiger partial charge < -0.3 is 14.6 Å². The van der Waals surface area contributed by atoms with E-state index in [2.05, 4.69) is 5.10 Å². The van der Waals surface area contributed by atoms with Gasteiger partial charge in [0.1, 0.15) is 0 Å². The number of methoxy groups -OCH3 is 1. The van der Waals surface area contributed by atoms with Crippen LogP contribution in [0, 0.1) is 0 Å². The van der Waals surface area contributed by atoms with E-state index in [4.69, 9.17) is 9.47 Å². The van der Waals surface area contributed by atoms with Gasteiger partial charge in [-0.05, 0) is 6.07 Å². The second-order valence-corrected chi connectivity index (χ2v) is 3.95. The van der Waals surface area contributed by atoms with Gasteiger partial charge in [0.05, 0.1) is 44.2 Å². The molecule has 0 unspecified atom stereocenters. The molecule has 5 heteroatoms. The van der Waals surface area contributed by atoms with Gasteiger partial charge >= 0.3 is 0 Å². The lowest BCUT2D eigenvalue weighted by Gasteiger charge is -2.05. The predicted octanol–water partition coefficient (Wildman–Crippen LogP) is 1.19. The number of hydrogen-bond donors (Lipinski definition) is 1. The molecule has 0 aliphatic heterocycles. The summed E-state index contributed by atoms with van der Waals surface area (Å²) in [5.41, 5.74) is 1.74. The molecule has 2 aromatic rings. The molecule has 2 rings (SSSR count). The molecule has 0 saturated heterocycles. The number of aliphatic hydroxyl groups is 1. The molecule has 1 heterocycles. The summed E-state index contributed by atoms with van der Waals surface area (Å²) in [6, 6.07) is 7.88. The van der Waals surface area contributed by atoms with Crippen LogP contribution in [0.4, 0.5) is 0 Å². The molecule has 0 radical (unpaired) electrons. The van der Waals surface area contributed by atoms with Crippen molar-refractivity contribution in [3.63, 3.8) is 0 Å². The highest BCUT2D eigenvalue weighted by atomic mass is 16.5. The van der Waals surface area contributed by atoms with Gasteiger partial charge in [0.15, 0.2) is 0 Å². The molecule has 18 heavy (non-hydrogen) atoms. The lowest BCUT2D eigenvalue weighted by Crippen LogP contribution is -2.10. The molecule has 0 spiro atoms. The molecule has 0 fully saturated rings. The van der Waals surface area contributed by atoms with Crippen LogP contribution in [-0.4, -0.2) is 41.8 Å². The monoisotopic (exact) mass is 250 g/mol. The number of ether oxygens (including phenoxy) is 2. The summed E-state index contributed by atoms with van der Waals surface area (Å²) in [6.45, 7) is 2.40. The minimum Gasteiger partial charge on any atom is -0.390 e. The van der Waals surface area contributed by atoms with Crippen LogP contribution in [0.2, 0.25) is 0 Å². The predicted molar refractivity (Wildman–Crippen MR) is 68.4 cm³/mol. The van der Waals surface area contributed by atoms with E-state index in [1.807, 2.05) is 28.9 Å². The van der Waals surface area contributed by atoms with Crippen molar-refractivity contribution < 1.29 is 14.6 Å². The fourth-order valence-electron chi connectivity index (χ4n) is 1.88. The summed E-state index contributed by atoms with van der Waals surface area (Å²) < 4.78 is 12.2. The molecule has 0 aliphatic rings. The molecule has 98 valence electrons. The van der Waals surface area contributed by atoms with Crippen LogP contribution in [0.3, 0.4) is 0 Å². The van der Waals surface area contributed by atoms with Gasteiger partial charge in [0, 0.05) is 12.5 Å². The zero-order valence-electron chi connectivity index (χ0n) is 10.5. The molecule has 0 amide bonds. The van der Waals surface area contributed by atoms with Gasteiger partial charge in [-0.3, -0.25) is 4.68 Å².